The van der Waals surface area contributed by atoms with Gasteiger partial charge in [-0.25, -0.2) is 0 Å². The first-order chi connectivity index (χ1) is 14.2. The summed E-state index contributed by atoms with van der Waals surface area (Å²) in [7, 11) is 0. The van der Waals surface area contributed by atoms with Gasteiger partial charge in [-0.1, -0.05) is 12.8 Å². The molecule has 2 aliphatic heterocycles. The molecule has 6 heteroatoms. The second-order valence-electron chi connectivity index (χ2n) is 10.6. The van der Waals surface area contributed by atoms with E-state index < -0.39 is 17.1 Å². The fourth-order valence-electron chi connectivity index (χ4n) is 5.62. The Hall–Kier alpha value is -1.14. The zero-order valence-corrected chi connectivity index (χ0v) is 19.4. The van der Waals surface area contributed by atoms with E-state index in [1.165, 1.54) is 0 Å². The van der Waals surface area contributed by atoms with Crippen LogP contribution >= 0.6 is 0 Å². The van der Waals surface area contributed by atoms with E-state index in [-0.39, 0.29) is 17.9 Å². The van der Waals surface area contributed by atoms with Crippen molar-refractivity contribution in [1.29, 1.82) is 0 Å². The number of hydrogen-bond donors (Lipinski definition) is 2. The molecule has 2 saturated heterocycles. The minimum Gasteiger partial charge on any atom is -0.459 e. The molecule has 30 heavy (non-hydrogen) atoms. The van der Waals surface area contributed by atoms with Gasteiger partial charge in [-0.3, -0.25) is 9.59 Å². The Balaban J connectivity index is 1.70. The Kier molecular flexibility index (Phi) is 7.83. The van der Waals surface area contributed by atoms with Crippen molar-refractivity contribution in [2.75, 3.05) is 26.2 Å². The topological polar surface area (TPSA) is 76.7 Å². The summed E-state index contributed by atoms with van der Waals surface area (Å²) in [4.78, 5) is 26.7. The van der Waals surface area contributed by atoms with Gasteiger partial charge in [0.15, 0.2) is 5.92 Å². The number of ether oxygens (including phenoxy) is 2. The molecule has 172 valence electrons. The van der Waals surface area contributed by atoms with Crippen molar-refractivity contribution in [3.63, 3.8) is 0 Å². The van der Waals surface area contributed by atoms with Gasteiger partial charge in [0.2, 0.25) is 0 Å². The minimum absolute atomic E-state index is 0.0395. The highest BCUT2D eigenvalue weighted by Crippen LogP contribution is 2.38. The third-order valence-electron chi connectivity index (χ3n) is 7.75. The molecule has 0 radical (unpaired) electrons. The maximum Gasteiger partial charge on any atom is 0.321 e. The van der Waals surface area contributed by atoms with Crippen LogP contribution in [0.3, 0.4) is 0 Å². The van der Waals surface area contributed by atoms with Crippen LogP contribution in [0.2, 0.25) is 0 Å². The van der Waals surface area contributed by atoms with Gasteiger partial charge in [0.05, 0.1) is 0 Å². The smallest absolute Gasteiger partial charge is 0.321 e. The zero-order chi connectivity index (χ0) is 21.8. The predicted octanol–water partition coefficient (Wildman–Crippen LogP) is 3.44. The van der Waals surface area contributed by atoms with Crippen LogP contribution < -0.4 is 10.6 Å². The van der Waals surface area contributed by atoms with Gasteiger partial charge >= 0.3 is 11.9 Å². The molecular formula is C24H42N2O4. The van der Waals surface area contributed by atoms with Crippen LogP contribution in [-0.2, 0) is 19.1 Å². The number of hydrogen-bond acceptors (Lipinski definition) is 6. The molecule has 0 aromatic rings. The van der Waals surface area contributed by atoms with Crippen molar-refractivity contribution in [2.45, 2.75) is 90.3 Å². The standard InChI is InChI=1S/C24H42N2O4/c1-23(2,18-9-13-25-14-10-18)29-21(27)20(17-7-5-6-8-17)22(28)30-24(3,4)19-11-15-26-16-12-19/h17-20,25-26H,5-16H2,1-4H3. The van der Waals surface area contributed by atoms with E-state index in [4.69, 9.17) is 9.47 Å². The molecule has 0 aromatic carbocycles. The number of carbonyl (C=O) groups excluding carboxylic acids is 2. The van der Waals surface area contributed by atoms with Crippen molar-refractivity contribution >= 4 is 11.9 Å². The highest BCUT2D eigenvalue weighted by Gasteiger charge is 2.45. The van der Waals surface area contributed by atoms with Gasteiger partial charge in [0.25, 0.3) is 0 Å². The van der Waals surface area contributed by atoms with Crippen molar-refractivity contribution in [2.24, 2.45) is 23.7 Å². The van der Waals surface area contributed by atoms with E-state index in [0.717, 1.165) is 77.5 Å². The number of esters is 2. The molecular weight excluding hydrogens is 380 g/mol. The second-order valence-corrected chi connectivity index (χ2v) is 10.6. The lowest BCUT2D eigenvalue weighted by Crippen LogP contribution is -2.48. The highest BCUT2D eigenvalue weighted by atomic mass is 16.6. The molecule has 0 unspecified atom stereocenters. The number of carbonyl (C=O) groups is 2. The van der Waals surface area contributed by atoms with Crippen LogP contribution in [0.1, 0.15) is 79.1 Å². The monoisotopic (exact) mass is 422 g/mol. The van der Waals surface area contributed by atoms with Crippen LogP contribution in [0, 0.1) is 23.7 Å². The van der Waals surface area contributed by atoms with Gasteiger partial charge in [-0.05, 0) is 98.3 Å². The lowest BCUT2D eigenvalue weighted by Gasteiger charge is -2.39. The first kappa shape index (κ1) is 23.5. The second kappa shape index (κ2) is 9.99. The molecule has 2 N–H and O–H groups in total. The summed E-state index contributed by atoms with van der Waals surface area (Å²) in [6.45, 7) is 11.8. The third-order valence-corrected chi connectivity index (χ3v) is 7.75. The summed E-state index contributed by atoms with van der Waals surface area (Å²) in [6.07, 6.45) is 7.88. The van der Waals surface area contributed by atoms with Gasteiger partial charge in [-0.2, -0.15) is 0 Å². The van der Waals surface area contributed by atoms with E-state index in [0.29, 0.717) is 11.8 Å². The minimum atomic E-state index is -0.797. The first-order valence-electron chi connectivity index (χ1n) is 12.1. The fourth-order valence-corrected chi connectivity index (χ4v) is 5.62. The first-order valence-corrected chi connectivity index (χ1v) is 12.1. The Morgan fingerprint density at radius 3 is 1.43 bits per heavy atom. The summed E-state index contributed by atoms with van der Waals surface area (Å²) < 4.78 is 12.1. The predicted molar refractivity (Wildman–Crippen MR) is 117 cm³/mol. The van der Waals surface area contributed by atoms with Gasteiger partial charge in [0.1, 0.15) is 11.2 Å². The number of rotatable bonds is 7. The van der Waals surface area contributed by atoms with E-state index in [1.807, 2.05) is 27.7 Å². The Morgan fingerprint density at radius 2 is 1.07 bits per heavy atom. The average Bonchev–Trinajstić information content (AvgIpc) is 3.23. The molecule has 2 heterocycles. The molecule has 1 aliphatic carbocycles. The van der Waals surface area contributed by atoms with Gasteiger partial charge < -0.3 is 20.1 Å². The maximum absolute atomic E-state index is 13.3. The molecule has 3 aliphatic rings. The highest BCUT2D eigenvalue weighted by molar-refractivity contribution is 5.95. The summed E-state index contributed by atoms with van der Waals surface area (Å²) in [5, 5.41) is 6.73. The Labute approximate surface area is 182 Å². The van der Waals surface area contributed by atoms with Crippen LogP contribution in [0.25, 0.3) is 0 Å². The molecule has 0 spiro atoms. The molecule has 3 rings (SSSR count). The lowest BCUT2D eigenvalue weighted by atomic mass is 9.82. The van der Waals surface area contributed by atoms with E-state index in [1.54, 1.807) is 0 Å². The molecule has 0 amide bonds. The van der Waals surface area contributed by atoms with Gasteiger partial charge in [0, 0.05) is 11.8 Å². The van der Waals surface area contributed by atoms with Crippen LogP contribution in [0.4, 0.5) is 0 Å². The Bertz CT molecular complexity index is 542. The zero-order valence-electron chi connectivity index (χ0n) is 19.4. The van der Waals surface area contributed by atoms with Crippen molar-refractivity contribution < 1.29 is 19.1 Å². The van der Waals surface area contributed by atoms with Crippen molar-refractivity contribution in [3.8, 4) is 0 Å². The summed E-state index contributed by atoms with van der Waals surface area (Å²) in [6, 6.07) is 0. The van der Waals surface area contributed by atoms with E-state index in [9.17, 15) is 9.59 Å². The summed E-state index contributed by atoms with van der Waals surface area (Å²) in [5.74, 6) is -0.886. The molecule has 6 nitrogen and oxygen atoms in total. The van der Waals surface area contributed by atoms with Crippen molar-refractivity contribution in [1.82, 2.24) is 10.6 Å². The van der Waals surface area contributed by atoms with Gasteiger partial charge in [-0.15, -0.1) is 0 Å². The SMILES string of the molecule is CC(C)(OC(=O)C(C(=O)OC(C)(C)C1CCNCC1)C1CCCC1)C1CCNCC1. The number of piperidine rings is 2. The van der Waals surface area contributed by atoms with Crippen molar-refractivity contribution in [3.05, 3.63) is 0 Å². The molecule has 0 atom stereocenters. The number of nitrogens with one attached hydrogen (secondary N) is 2. The maximum atomic E-state index is 13.3. The quantitative estimate of drug-likeness (QED) is 0.483. The van der Waals surface area contributed by atoms with E-state index >= 15 is 0 Å². The van der Waals surface area contributed by atoms with E-state index in [2.05, 4.69) is 10.6 Å². The largest absolute Gasteiger partial charge is 0.459 e. The normalized spacial score (nSPS) is 23.0. The Morgan fingerprint density at radius 1 is 0.700 bits per heavy atom. The van der Waals surface area contributed by atoms with Crippen LogP contribution in [0.5, 0.6) is 0 Å². The molecule has 0 bridgehead atoms. The van der Waals surface area contributed by atoms with Crippen LogP contribution in [-0.4, -0.2) is 49.3 Å². The fraction of sp³-hybridized carbons (Fsp3) is 0.917. The molecule has 3 fully saturated rings. The average molecular weight is 423 g/mol. The summed E-state index contributed by atoms with van der Waals surface area (Å²) >= 11 is 0. The molecule has 0 aromatic heterocycles. The third kappa shape index (κ3) is 5.76. The molecule has 1 saturated carbocycles. The van der Waals surface area contributed by atoms with Crippen LogP contribution in [0.15, 0.2) is 0 Å². The summed E-state index contributed by atoms with van der Waals surface area (Å²) in [5.41, 5.74) is -1.14. The lowest BCUT2D eigenvalue weighted by molar-refractivity contribution is -0.185.